The summed E-state index contributed by atoms with van der Waals surface area (Å²) in [6.45, 7) is 8.49. The maximum atomic E-state index is 13.1. The minimum atomic E-state index is -0.591. The zero-order valence-corrected chi connectivity index (χ0v) is 19.2. The van der Waals surface area contributed by atoms with E-state index in [1.165, 1.54) is 0 Å². The number of halogens is 1. The predicted octanol–water partition coefficient (Wildman–Crippen LogP) is 5.71. The highest BCUT2D eigenvalue weighted by atomic mass is 35.5. The van der Waals surface area contributed by atoms with Crippen molar-refractivity contribution in [2.24, 2.45) is 11.8 Å². The Morgan fingerprint density at radius 1 is 1.32 bits per heavy atom. The summed E-state index contributed by atoms with van der Waals surface area (Å²) >= 11 is 7.64. The minimum Gasteiger partial charge on any atom is -0.390 e. The van der Waals surface area contributed by atoms with Gasteiger partial charge < -0.3 is 10.4 Å². The molecule has 1 aromatic rings. The molecule has 1 fully saturated rings. The molecule has 1 aromatic heterocycles. The van der Waals surface area contributed by atoms with Gasteiger partial charge in [-0.05, 0) is 61.8 Å². The van der Waals surface area contributed by atoms with Crippen LogP contribution >= 0.6 is 23.4 Å². The fourth-order valence-electron chi connectivity index (χ4n) is 4.38. The van der Waals surface area contributed by atoms with Crippen LogP contribution < -0.4 is 5.32 Å². The molecule has 1 saturated carbocycles. The van der Waals surface area contributed by atoms with Crippen molar-refractivity contribution in [3.63, 3.8) is 0 Å². The van der Waals surface area contributed by atoms with Gasteiger partial charge in [0, 0.05) is 6.04 Å². The molecular weight excluding hydrogens is 392 g/mol. The van der Waals surface area contributed by atoms with Crippen LogP contribution in [0.3, 0.4) is 0 Å². The number of carbonyl (C=O) groups is 1. The van der Waals surface area contributed by atoms with Crippen molar-refractivity contribution in [1.82, 2.24) is 10.3 Å². The Bertz CT molecular complexity index is 657. The summed E-state index contributed by atoms with van der Waals surface area (Å²) in [5.41, 5.74) is 0.00668. The van der Waals surface area contributed by atoms with Crippen LogP contribution in [-0.2, 0) is 0 Å². The van der Waals surface area contributed by atoms with Gasteiger partial charge in [-0.1, -0.05) is 52.1 Å². The van der Waals surface area contributed by atoms with E-state index in [0.29, 0.717) is 27.6 Å². The van der Waals surface area contributed by atoms with Gasteiger partial charge in [-0.3, -0.25) is 4.79 Å². The lowest BCUT2D eigenvalue weighted by molar-refractivity contribution is 0.0353. The van der Waals surface area contributed by atoms with E-state index in [2.05, 4.69) is 38.0 Å². The third-order valence-corrected chi connectivity index (χ3v) is 7.40. The molecule has 2 N–H and O–H groups in total. The Morgan fingerprint density at radius 2 is 2.07 bits per heavy atom. The first-order valence-corrected chi connectivity index (χ1v) is 12.1. The van der Waals surface area contributed by atoms with Crippen molar-refractivity contribution in [2.75, 3.05) is 5.75 Å². The molecule has 1 amide bonds. The number of thioether (sulfide) groups is 1. The lowest BCUT2D eigenvalue weighted by atomic mass is 9.85. The van der Waals surface area contributed by atoms with Crippen LogP contribution in [0, 0.1) is 11.8 Å². The molecule has 1 aliphatic rings. The second kappa shape index (κ2) is 10.8. The quantitative estimate of drug-likeness (QED) is 0.371. The number of amides is 1. The highest BCUT2D eigenvalue weighted by molar-refractivity contribution is 7.99. The van der Waals surface area contributed by atoms with Gasteiger partial charge in [0.15, 0.2) is 0 Å². The van der Waals surface area contributed by atoms with Crippen LogP contribution in [0.25, 0.3) is 0 Å². The Labute approximate surface area is 179 Å². The molecule has 6 heteroatoms. The summed E-state index contributed by atoms with van der Waals surface area (Å²) in [5, 5.41) is 15.3. The van der Waals surface area contributed by atoms with Gasteiger partial charge in [-0.2, -0.15) is 0 Å². The summed E-state index contributed by atoms with van der Waals surface area (Å²) in [7, 11) is 0. The predicted molar refractivity (Wildman–Crippen MR) is 118 cm³/mol. The average Bonchev–Trinajstić information content (AvgIpc) is 3.03. The van der Waals surface area contributed by atoms with Crippen molar-refractivity contribution in [3.05, 3.63) is 22.8 Å². The Hall–Kier alpha value is -0.780. The Morgan fingerprint density at radius 3 is 2.68 bits per heavy atom. The maximum Gasteiger partial charge on any atom is 0.254 e. The molecule has 4 nitrogen and oxygen atoms in total. The summed E-state index contributed by atoms with van der Waals surface area (Å²) < 4.78 is 0. The summed E-state index contributed by atoms with van der Waals surface area (Å²) in [5.74, 6) is 1.57. The van der Waals surface area contributed by atoms with Gasteiger partial charge in [0.05, 0.1) is 11.2 Å². The molecule has 28 heavy (non-hydrogen) atoms. The van der Waals surface area contributed by atoms with E-state index in [-0.39, 0.29) is 11.9 Å². The standard InChI is InChI=1S/C22H35ClN2O2S/c1-5-9-18(17-14-22(27,8-4)13-15(17)7-3)24-20(26)16-10-11-19(23)25-21(16)28-12-6-2/h10-11,15,17-18,27H,5-9,12-14H2,1-4H3,(H,24,26)/t15?,17?,18-,22-/m0/s1. The topological polar surface area (TPSA) is 62.2 Å². The lowest BCUT2D eigenvalue weighted by Crippen LogP contribution is -2.42. The third-order valence-electron chi connectivity index (χ3n) is 5.99. The molecule has 0 bridgehead atoms. The molecule has 2 unspecified atom stereocenters. The molecule has 0 aromatic carbocycles. The van der Waals surface area contributed by atoms with Crippen molar-refractivity contribution in [1.29, 1.82) is 0 Å². The van der Waals surface area contributed by atoms with Gasteiger partial charge in [0.25, 0.3) is 5.91 Å². The van der Waals surface area contributed by atoms with Gasteiger partial charge in [0.1, 0.15) is 10.2 Å². The molecule has 1 aliphatic carbocycles. The average molecular weight is 427 g/mol. The fraction of sp³-hybridized carbons (Fsp3) is 0.727. The number of nitrogens with zero attached hydrogens (tertiary/aromatic N) is 1. The maximum absolute atomic E-state index is 13.1. The van der Waals surface area contributed by atoms with Crippen molar-refractivity contribution >= 4 is 29.3 Å². The van der Waals surface area contributed by atoms with Crippen LogP contribution in [-0.4, -0.2) is 33.4 Å². The molecule has 4 atom stereocenters. The molecule has 158 valence electrons. The van der Waals surface area contributed by atoms with Crippen molar-refractivity contribution in [3.8, 4) is 0 Å². The fourth-order valence-corrected chi connectivity index (χ4v) is 5.46. The van der Waals surface area contributed by atoms with Crippen LogP contribution in [0.5, 0.6) is 0 Å². The molecule has 0 aliphatic heterocycles. The zero-order chi connectivity index (χ0) is 20.7. The molecule has 1 heterocycles. The molecule has 0 spiro atoms. The van der Waals surface area contributed by atoms with E-state index in [0.717, 1.165) is 50.7 Å². The van der Waals surface area contributed by atoms with Gasteiger partial charge in [0.2, 0.25) is 0 Å². The van der Waals surface area contributed by atoms with E-state index < -0.39 is 5.60 Å². The summed E-state index contributed by atoms with van der Waals surface area (Å²) in [6.07, 6.45) is 6.33. The zero-order valence-electron chi connectivity index (χ0n) is 17.6. The first kappa shape index (κ1) is 23.5. The molecule has 0 saturated heterocycles. The first-order chi connectivity index (χ1) is 13.4. The van der Waals surface area contributed by atoms with Gasteiger partial charge >= 0.3 is 0 Å². The minimum absolute atomic E-state index is 0.0720. The summed E-state index contributed by atoms with van der Waals surface area (Å²) in [4.78, 5) is 17.5. The van der Waals surface area contributed by atoms with E-state index in [1.54, 1.807) is 23.9 Å². The number of hydrogen-bond acceptors (Lipinski definition) is 4. The third kappa shape index (κ3) is 5.87. The summed E-state index contributed by atoms with van der Waals surface area (Å²) in [6, 6.07) is 3.53. The van der Waals surface area contributed by atoms with Crippen LogP contribution in [0.1, 0.15) is 83.0 Å². The highest BCUT2D eigenvalue weighted by Gasteiger charge is 2.45. The van der Waals surface area contributed by atoms with E-state index >= 15 is 0 Å². The second-order valence-electron chi connectivity index (χ2n) is 8.02. The largest absolute Gasteiger partial charge is 0.390 e. The number of hydrogen-bond donors (Lipinski definition) is 2. The monoisotopic (exact) mass is 426 g/mol. The molecular formula is C22H35ClN2O2S. The SMILES string of the molecule is CCCSc1nc(Cl)ccc1C(=O)N[C@@H](CCC)C1C[C@](O)(CC)CC1CC. The van der Waals surface area contributed by atoms with E-state index in [4.69, 9.17) is 11.6 Å². The smallest absolute Gasteiger partial charge is 0.254 e. The highest BCUT2D eigenvalue weighted by Crippen LogP contribution is 2.45. The second-order valence-corrected chi connectivity index (χ2v) is 9.49. The van der Waals surface area contributed by atoms with Gasteiger partial charge in [-0.15, -0.1) is 11.8 Å². The van der Waals surface area contributed by atoms with Crippen LogP contribution in [0.15, 0.2) is 17.2 Å². The molecule has 2 rings (SSSR count). The van der Waals surface area contributed by atoms with Crippen LogP contribution in [0.4, 0.5) is 0 Å². The number of pyridine rings is 1. The van der Waals surface area contributed by atoms with E-state index in [1.807, 2.05) is 0 Å². The van der Waals surface area contributed by atoms with Crippen molar-refractivity contribution in [2.45, 2.75) is 89.3 Å². The van der Waals surface area contributed by atoms with E-state index in [9.17, 15) is 9.90 Å². The normalized spacial score (nSPS) is 25.6. The number of nitrogens with one attached hydrogen (secondary N) is 1. The Kier molecular flexibility index (Phi) is 9.10. The van der Waals surface area contributed by atoms with Crippen LogP contribution in [0.2, 0.25) is 5.15 Å². The molecule has 0 radical (unpaired) electrons. The van der Waals surface area contributed by atoms with Crippen molar-refractivity contribution < 1.29 is 9.90 Å². The first-order valence-electron chi connectivity index (χ1n) is 10.7. The number of aromatic nitrogens is 1. The number of carbonyl (C=O) groups excluding carboxylic acids is 1. The number of aliphatic hydroxyl groups is 1. The Balaban J connectivity index is 2.21. The lowest BCUT2D eigenvalue weighted by Gasteiger charge is -2.29. The van der Waals surface area contributed by atoms with Gasteiger partial charge in [-0.25, -0.2) is 4.98 Å². The number of rotatable bonds is 10.